The molecule has 5 fully saturated rings. The Hall–Kier alpha value is -2.30. The fourth-order valence-electron chi connectivity index (χ4n) is 11.8. The Bertz CT molecular complexity index is 1530. The van der Waals surface area contributed by atoms with Crippen molar-refractivity contribution < 1.29 is 0 Å². The predicted octanol–water partition coefficient (Wildman–Crippen LogP) is 14.9. The summed E-state index contributed by atoms with van der Waals surface area (Å²) in [5.41, 5.74) is 6.35. The Balaban J connectivity index is 1.16. The van der Waals surface area contributed by atoms with E-state index < -0.39 is 16.1 Å². The number of rotatable bonds is 11. The molecule has 0 heterocycles. The van der Waals surface area contributed by atoms with Gasteiger partial charge in [-0.3, -0.25) is 0 Å². The Labute approximate surface area is 349 Å². The van der Waals surface area contributed by atoms with Crippen molar-refractivity contribution >= 4 is 37.4 Å². The highest BCUT2D eigenvalue weighted by molar-refractivity contribution is 7.84. The molecule has 0 saturated heterocycles. The van der Waals surface area contributed by atoms with Gasteiger partial charge in [-0.15, -0.1) is 0 Å². The third kappa shape index (κ3) is 9.69. The highest BCUT2D eigenvalue weighted by atomic mass is 31.2. The van der Waals surface area contributed by atoms with Crippen LogP contribution in [0.3, 0.4) is 0 Å². The summed E-state index contributed by atoms with van der Waals surface area (Å²) in [5.74, 6) is 2.97. The van der Waals surface area contributed by atoms with Crippen molar-refractivity contribution in [1.29, 1.82) is 0 Å². The predicted molar refractivity (Wildman–Crippen MR) is 250 cm³/mol. The van der Waals surface area contributed by atoms with E-state index in [9.17, 15) is 0 Å². The van der Waals surface area contributed by atoms with Crippen LogP contribution in [0.4, 0.5) is 0 Å². The highest BCUT2D eigenvalue weighted by Gasteiger charge is 2.38. The normalized spacial score (nSPS) is 21.5. The molecule has 5 aliphatic carbocycles. The first-order valence-electron chi connectivity index (χ1n) is 24.1. The molecule has 0 spiro atoms. The molecule has 3 heteroatoms. The van der Waals surface area contributed by atoms with Crippen LogP contribution in [0.5, 0.6) is 0 Å². The summed E-state index contributed by atoms with van der Waals surface area (Å²) in [7, 11) is -1.52. The second-order valence-corrected chi connectivity index (χ2v) is 23.4. The lowest BCUT2D eigenvalue weighted by Gasteiger charge is -2.45. The SMILES string of the molecule is c1cc(P(c2ccc(C3CCCCC3)cc2)N(C2CCCCC2)P(c2ccc(C3CCCCC3)cc2)c2ccc(C3CCCCC3)cc2)ccc1C1CCCCC1. The van der Waals surface area contributed by atoms with Gasteiger partial charge in [0.15, 0.2) is 0 Å². The topological polar surface area (TPSA) is 3.24 Å². The summed E-state index contributed by atoms with van der Waals surface area (Å²) >= 11 is 0. The number of benzene rings is 4. The third-order valence-corrected chi connectivity index (χ3v) is 20.9. The van der Waals surface area contributed by atoms with Gasteiger partial charge in [0.25, 0.3) is 0 Å². The van der Waals surface area contributed by atoms with E-state index >= 15 is 0 Å². The maximum atomic E-state index is 3.19. The molecule has 0 aliphatic heterocycles. The van der Waals surface area contributed by atoms with Crippen molar-refractivity contribution in [1.82, 2.24) is 4.44 Å². The molecule has 0 amide bonds. The summed E-state index contributed by atoms with van der Waals surface area (Å²) in [5, 5.41) is 6.24. The third-order valence-electron chi connectivity index (χ3n) is 15.2. The minimum Gasteiger partial charge on any atom is -0.242 e. The van der Waals surface area contributed by atoms with E-state index in [4.69, 9.17) is 0 Å². The fourth-order valence-corrected chi connectivity index (χ4v) is 18.1. The largest absolute Gasteiger partial charge is 0.242 e. The van der Waals surface area contributed by atoms with Gasteiger partial charge in [0.2, 0.25) is 0 Å². The lowest BCUT2D eigenvalue weighted by molar-refractivity contribution is 0.355. The lowest BCUT2D eigenvalue weighted by Crippen LogP contribution is -2.39. The van der Waals surface area contributed by atoms with E-state index in [1.165, 1.54) is 161 Å². The number of hydrogen-bond acceptors (Lipinski definition) is 1. The van der Waals surface area contributed by atoms with E-state index in [0.29, 0.717) is 6.04 Å². The van der Waals surface area contributed by atoms with Crippen LogP contribution in [0.2, 0.25) is 0 Å². The summed E-state index contributed by atoms with van der Waals surface area (Å²) in [6.07, 6.45) is 34.5. The Morgan fingerprint density at radius 3 is 0.702 bits per heavy atom. The Morgan fingerprint density at radius 2 is 0.474 bits per heavy atom. The monoisotopic (exact) mass is 796 g/mol. The molecule has 9 rings (SSSR count). The van der Waals surface area contributed by atoms with E-state index in [1.807, 2.05) is 0 Å². The maximum Gasteiger partial charge on any atom is 0.0325 e. The molecule has 57 heavy (non-hydrogen) atoms. The zero-order valence-corrected chi connectivity index (χ0v) is 36.9. The van der Waals surface area contributed by atoms with Crippen molar-refractivity contribution in [3.8, 4) is 0 Å². The van der Waals surface area contributed by atoms with Crippen molar-refractivity contribution in [2.75, 3.05) is 0 Å². The lowest BCUT2D eigenvalue weighted by atomic mass is 9.84. The van der Waals surface area contributed by atoms with Crippen LogP contribution >= 0.6 is 16.1 Å². The van der Waals surface area contributed by atoms with Gasteiger partial charge in [0, 0.05) is 22.2 Å². The molecule has 0 aromatic heterocycles. The second kappa shape index (κ2) is 19.8. The molecule has 5 saturated carbocycles. The average molecular weight is 796 g/mol. The van der Waals surface area contributed by atoms with Crippen LogP contribution in [0.15, 0.2) is 97.1 Å². The van der Waals surface area contributed by atoms with E-state index in [0.717, 1.165) is 23.7 Å². The zero-order valence-electron chi connectivity index (χ0n) is 35.1. The van der Waals surface area contributed by atoms with Gasteiger partial charge >= 0.3 is 0 Å². The minimum absolute atomic E-state index is 0.586. The van der Waals surface area contributed by atoms with Crippen LogP contribution in [-0.2, 0) is 0 Å². The molecule has 4 aromatic rings. The van der Waals surface area contributed by atoms with Gasteiger partial charge in [-0.25, -0.2) is 4.44 Å². The number of hydrogen-bond donors (Lipinski definition) is 0. The van der Waals surface area contributed by atoms with Crippen molar-refractivity contribution in [3.05, 3.63) is 119 Å². The highest BCUT2D eigenvalue weighted by Crippen LogP contribution is 2.58. The van der Waals surface area contributed by atoms with Gasteiger partial charge in [-0.05, 0) is 131 Å². The molecule has 0 atom stereocenters. The first-order chi connectivity index (χ1) is 28.3. The minimum atomic E-state index is -0.761. The van der Waals surface area contributed by atoms with Crippen LogP contribution in [0.1, 0.15) is 206 Å². The van der Waals surface area contributed by atoms with Crippen LogP contribution in [0, 0.1) is 0 Å². The molecular formula is C54H71NP2. The van der Waals surface area contributed by atoms with Crippen molar-refractivity contribution in [2.24, 2.45) is 0 Å². The van der Waals surface area contributed by atoms with E-state index in [-0.39, 0.29) is 0 Å². The Morgan fingerprint density at radius 1 is 0.263 bits per heavy atom. The van der Waals surface area contributed by atoms with Crippen molar-refractivity contribution in [3.63, 3.8) is 0 Å². The van der Waals surface area contributed by atoms with Gasteiger partial charge < -0.3 is 0 Å². The molecule has 0 radical (unpaired) electrons. The van der Waals surface area contributed by atoms with Crippen LogP contribution in [0.25, 0.3) is 0 Å². The summed E-state index contributed by atoms with van der Waals surface area (Å²) < 4.78 is 3.19. The number of nitrogens with zero attached hydrogens (tertiary/aromatic N) is 1. The van der Waals surface area contributed by atoms with E-state index in [2.05, 4.69) is 102 Å². The van der Waals surface area contributed by atoms with Gasteiger partial charge in [-0.2, -0.15) is 0 Å². The second-order valence-electron chi connectivity index (χ2n) is 18.9. The fraction of sp³-hybridized carbons (Fsp3) is 0.556. The summed E-state index contributed by atoms with van der Waals surface area (Å²) in [6.45, 7) is 0. The first kappa shape index (κ1) is 40.1. The molecule has 0 unspecified atom stereocenters. The maximum absolute atomic E-state index is 3.19. The standard InChI is InChI=1S/C54H71NP2/c1-6-16-42(17-7-1)46-26-34-51(35-27-46)56(52-36-28-47(29-37-52)43-18-8-2-9-19-43)55(50-24-14-5-15-25-50)57(53-38-30-48(31-39-53)44-20-10-3-11-21-44)54-40-32-49(33-41-54)45-22-12-4-13-23-45/h26-45,50H,1-25H2. The summed E-state index contributed by atoms with van der Waals surface area (Å²) in [4.78, 5) is 0. The quantitative estimate of drug-likeness (QED) is 0.137. The van der Waals surface area contributed by atoms with Crippen LogP contribution < -0.4 is 21.2 Å². The molecule has 0 N–H and O–H groups in total. The smallest absolute Gasteiger partial charge is 0.0325 e. The molecule has 1 nitrogen and oxygen atoms in total. The van der Waals surface area contributed by atoms with E-state index in [1.54, 1.807) is 43.5 Å². The van der Waals surface area contributed by atoms with Crippen LogP contribution in [-0.4, -0.2) is 10.5 Å². The Kier molecular flexibility index (Phi) is 14.0. The van der Waals surface area contributed by atoms with Gasteiger partial charge in [0.1, 0.15) is 0 Å². The average Bonchev–Trinajstić information content (AvgIpc) is 3.31. The summed E-state index contributed by atoms with van der Waals surface area (Å²) in [6, 6.07) is 41.9. The first-order valence-corrected chi connectivity index (χ1v) is 26.7. The van der Waals surface area contributed by atoms with Crippen molar-refractivity contribution in [2.45, 2.75) is 190 Å². The molecule has 4 aromatic carbocycles. The molecular weight excluding hydrogens is 725 g/mol. The van der Waals surface area contributed by atoms with Gasteiger partial charge in [-0.1, -0.05) is 193 Å². The zero-order chi connectivity index (χ0) is 38.2. The molecule has 302 valence electrons. The molecule has 5 aliphatic rings. The molecule has 0 bridgehead atoms. The van der Waals surface area contributed by atoms with Gasteiger partial charge in [0.05, 0.1) is 0 Å².